The van der Waals surface area contributed by atoms with Gasteiger partial charge < -0.3 is 10.5 Å². The smallest absolute Gasteiger partial charge is 0.165 e. The van der Waals surface area contributed by atoms with Crippen molar-refractivity contribution < 1.29 is 4.74 Å². The van der Waals surface area contributed by atoms with Crippen LogP contribution < -0.4 is 5.73 Å². The third kappa shape index (κ3) is 5.37. The molecule has 2 N–H and O–H groups in total. The first-order valence-electron chi connectivity index (χ1n) is 11.5. The van der Waals surface area contributed by atoms with Gasteiger partial charge in [-0.25, -0.2) is 4.98 Å². The van der Waals surface area contributed by atoms with Crippen LogP contribution in [0.5, 0.6) is 0 Å². The maximum Gasteiger partial charge on any atom is 0.165 e. The first-order chi connectivity index (χ1) is 16.0. The summed E-state index contributed by atoms with van der Waals surface area (Å²) in [6, 6.07) is 8.48. The molecule has 1 aromatic carbocycles. The van der Waals surface area contributed by atoms with E-state index in [4.69, 9.17) is 15.5 Å². The van der Waals surface area contributed by atoms with Crippen LogP contribution in [0.25, 0.3) is 17.3 Å². The van der Waals surface area contributed by atoms with E-state index in [0.29, 0.717) is 5.82 Å². The summed E-state index contributed by atoms with van der Waals surface area (Å²) in [4.78, 5) is 7.37. The number of nitrogen functional groups attached to an aromatic ring is 1. The molecule has 6 nitrogen and oxygen atoms in total. The second kappa shape index (κ2) is 10.6. The van der Waals surface area contributed by atoms with Crippen LogP contribution in [0.2, 0.25) is 0 Å². The van der Waals surface area contributed by atoms with Crippen molar-refractivity contribution in [3.05, 3.63) is 69.5 Å². The van der Waals surface area contributed by atoms with Gasteiger partial charge in [0.1, 0.15) is 5.82 Å². The Hall–Kier alpha value is -2.48. The van der Waals surface area contributed by atoms with Crippen LogP contribution in [0.15, 0.2) is 47.1 Å². The fraction of sp³-hybridized carbons (Fsp3) is 0.385. The second-order valence-corrected chi connectivity index (χ2v) is 9.39. The molecule has 0 spiro atoms. The van der Waals surface area contributed by atoms with Crippen molar-refractivity contribution in [2.75, 3.05) is 32.0 Å². The molecule has 2 aromatic heterocycles. The van der Waals surface area contributed by atoms with E-state index in [1.807, 2.05) is 6.20 Å². The fourth-order valence-electron chi connectivity index (χ4n) is 4.14. The van der Waals surface area contributed by atoms with Crippen LogP contribution in [0.3, 0.4) is 0 Å². The van der Waals surface area contributed by atoms with Crippen LogP contribution in [0.1, 0.15) is 49.1 Å². The highest BCUT2D eigenvalue weighted by Crippen LogP contribution is 2.30. The van der Waals surface area contributed by atoms with E-state index in [9.17, 15) is 0 Å². The van der Waals surface area contributed by atoms with Gasteiger partial charge in [-0.15, -0.1) is 0 Å². The van der Waals surface area contributed by atoms with Gasteiger partial charge >= 0.3 is 0 Å². The van der Waals surface area contributed by atoms with Crippen LogP contribution >= 0.6 is 15.9 Å². The summed E-state index contributed by atoms with van der Waals surface area (Å²) in [5.41, 5.74) is 13.9. The van der Waals surface area contributed by atoms with Crippen molar-refractivity contribution in [3.63, 3.8) is 0 Å². The van der Waals surface area contributed by atoms with E-state index in [1.165, 1.54) is 16.7 Å². The van der Waals surface area contributed by atoms with Crippen LogP contribution in [0, 0.1) is 0 Å². The molecule has 0 unspecified atom stereocenters. The molecule has 0 amide bonds. The van der Waals surface area contributed by atoms with E-state index < -0.39 is 0 Å². The molecule has 0 radical (unpaired) electrons. The maximum absolute atomic E-state index is 6.46. The Kier molecular flexibility index (Phi) is 7.63. The SMILES string of the molecule is C=C(CC)Cc1ccccc1C=C(C)c1cnn2c(N)c(Br)c(CN3CCCOCC3)nc12. The molecular formula is C26H32BrN5O. The third-order valence-corrected chi connectivity index (χ3v) is 7.04. The Morgan fingerprint density at radius 3 is 2.91 bits per heavy atom. The number of fused-ring (bicyclic) bond motifs is 1. The molecule has 1 fully saturated rings. The quantitative estimate of drug-likeness (QED) is 0.433. The van der Waals surface area contributed by atoms with Crippen molar-refractivity contribution in [1.29, 1.82) is 0 Å². The van der Waals surface area contributed by atoms with Crippen molar-refractivity contribution in [3.8, 4) is 0 Å². The van der Waals surface area contributed by atoms with Gasteiger partial charge in [0.05, 0.1) is 23.0 Å². The topological polar surface area (TPSA) is 68.7 Å². The number of benzene rings is 1. The summed E-state index contributed by atoms with van der Waals surface area (Å²) in [5.74, 6) is 0.569. The van der Waals surface area contributed by atoms with E-state index in [1.54, 1.807) is 4.52 Å². The number of rotatable bonds is 7. The lowest BCUT2D eigenvalue weighted by Gasteiger charge is -2.20. The lowest BCUT2D eigenvalue weighted by molar-refractivity contribution is 0.140. The summed E-state index contributed by atoms with van der Waals surface area (Å²) in [6.07, 6.45) is 6.95. The monoisotopic (exact) mass is 509 g/mol. The van der Waals surface area contributed by atoms with Crippen LogP contribution in [0.4, 0.5) is 5.82 Å². The van der Waals surface area contributed by atoms with Gasteiger partial charge in [0.15, 0.2) is 5.65 Å². The van der Waals surface area contributed by atoms with Gasteiger partial charge in [0.25, 0.3) is 0 Å². The van der Waals surface area contributed by atoms with E-state index in [2.05, 4.69) is 76.7 Å². The number of aromatic nitrogens is 3. The van der Waals surface area contributed by atoms with Gasteiger partial charge in [-0.2, -0.15) is 9.61 Å². The number of ether oxygens (including phenoxy) is 1. The van der Waals surface area contributed by atoms with E-state index in [-0.39, 0.29) is 0 Å². The Balaban J connectivity index is 1.70. The molecule has 4 rings (SSSR count). The van der Waals surface area contributed by atoms with Gasteiger partial charge in [-0.3, -0.25) is 4.90 Å². The predicted molar refractivity (Wildman–Crippen MR) is 139 cm³/mol. The lowest BCUT2D eigenvalue weighted by atomic mass is 9.97. The van der Waals surface area contributed by atoms with E-state index in [0.717, 1.165) is 79.1 Å². The molecule has 33 heavy (non-hydrogen) atoms. The first-order valence-corrected chi connectivity index (χ1v) is 12.3. The molecule has 0 bridgehead atoms. The zero-order chi connectivity index (χ0) is 23.4. The minimum Gasteiger partial charge on any atom is -0.383 e. The van der Waals surface area contributed by atoms with Crippen molar-refractivity contribution in [1.82, 2.24) is 19.5 Å². The second-order valence-electron chi connectivity index (χ2n) is 8.60. The molecule has 0 atom stereocenters. The number of halogens is 1. The summed E-state index contributed by atoms with van der Waals surface area (Å²) in [5, 5.41) is 4.54. The molecule has 3 aromatic rings. The number of nitrogens with two attached hydrogens (primary N) is 1. The number of allylic oxidation sites excluding steroid dienone is 2. The molecular weight excluding hydrogens is 478 g/mol. The number of nitrogens with zero attached hydrogens (tertiary/aromatic N) is 4. The number of anilines is 1. The van der Waals surface area contributed by atoms with Crippen LogP contribution in [-0.4, -0.2) is 45.8 Å². The zero-order valence-electron chi connectivity index (χ0n) is 19.5. The highest BCUT2D eigenvalue weighted by atomic mass is 79.9. The Morgan fingerprint density at radius 1 is 1.27 bits per heavy atom. The Morgan fingerprint density at radius 2 is 2.09 bits per heavy atom. The fourth-order valence-corrected chi connectivity index (χ4v) is 4.52. The third-order valence-electron chi connectivity index (χ3n) is 6.17. The summed E-state index contributed by atoms with van der Waals surface area (Å²) >= 11 is 3.66. The highest BCUT2D eigenvalue weighted by Gasteiger charge is 2.19. The molecule has 1 aliphatic rings. The minimum atomic E-state index is 0.569. The number of hydrogen-bond donors (Lipinski definition) is 1. The van der Waals surface area contributed by atoms with Gasteiger partial charge in [-0.1, -0.05) is 49.4 Å². The minimum absolute atomic E-state index is 0.569. The first kappa shape index (κ1) is 23.7. The normalized spacial score (nSPS) is 15.7. The molecule has 0 saturated carbocycles. The molecule has 174 valence electrons. The van der Waals surface area contributed by atoms with E-state index >= 15 is 0 Å². The van der Waals surface area contributed by atoms with Crippen molar-refractivity contribution in [2.45, 2.75) is 39.7 Å². The standard InChI is InChI=1S/C26H32BrN5O/c1-4-18(2)14-20-8-5-6-9-21(20)15-19(3)22-16-29-32-25(28)24(27)23(30-26(22)32)17-31-10-7-12-33-13-11-31/h5-6,8-9,15-16H,2,4,7,10-14,17,28H2,1,3H3. The zero-order valence-corrected chi connectivity index (χ0v) is 21.1. The van der Waals surface area contributed by atoms with Gasteiger partial charge in [0, 0.05) is 31.8 Å². The molecule has 0 aliphatic carbocycles. The van der Waals surface area contributed by atoms with Gasteiger partial charge in [-0.05, 0) is 58.8 Å². The van der Waals surface area contributed by atoms with Crippen LogP contribution in [-0.2, 0) is 17.7 Å². The predicted octanol–water partition coefficient (Wildman–Crippen LogP) is 5.37. The molecule has 3 heterocycles. The Bertz CT molecular complexity index is 1170. The average molecular weight is 510 g/mol. The lowest BCUT2D eigenvalue weighted by Crippen LogP contribution is -2.27. The van der Waals surface area contributed by atoms with Crippen molar-refractivity contribution in [2.24, 2.45) is 0 Å². The molecule has 7 heteroatoms. The maximum atomic E-state index is 6.46. The van der Waals surface area contributed by atoms with Crippen molar-refractivity contribution >= 4 is 39.0 Å². The summed E-state index contributed by atoms with van der Waals surface area (Å²) in [6.45, 7) is 12.6. The number of hydrogen-bond acceptors (Lipinski definition) is 5. The van der Waals surface area contributed by atoms with Gasteiger partial charge in [0.2, 0.25) is 0 Å². The highest BCUT2D eigenvalue weighted by molar-refractivity contribution is 9.10. The largest absolute Gasteiger partial charge is 0.383 e. The summed E-state index contributed by atoms with van der Waals surface area (Å²) in [7, 11) is 0. The molecule has 1 saturated heterocycles. The Labute approximate surface area is 204 Å². The summed E-state index contributed by atoms with van der Waals surface area (Å²) < 4.78 is 8.12. The average Bonchev–Trinajstić information content (AvgIpc) is 3.07. The molecule has 1 aliphatic heterocycles.